The number of sulfonamides is 1. The van der Waals surface area contributed by atoms with Crippen LogP contribution in [-0.4, -0.2) is 42.8 Å². The lowest BCUT2D eigenvalue weighted by Gasteiger charge is -2.37. The number of anilines is 1. The molecule has 8 nitrogen and oxygen atoms in total. The number of nitrogens with zero attached hydrogens (tertiary/aromatic N) is 1. The second-order valence-corrected chi connectivity index (χ2v) is 11.0. The third-order valence-corrected chi connectivity index (χ3v) is 8.03. The van der Waals surface area contributed by atoms with Gasteiger partial charge in [0.15, 0.2) is 0 Å². The van der Waals surface area contributed by atoms with Crippen molar-refractivity contribution in [2.45, 2.75) is 76.5 Å². The molecule has 1 saturated heterocycles. The van der Waals surface area contributed by atoms with Crippen molar-refractivity contribution in [2.24, 2.45) is 0 Å². The number of rotatable bonds is 7. The van der Waals surface area contributed by atoms with E-state index in [4.69, 9.17) is 0 Å². The van der Waals surface area contributed by atoms with E-state index in [1.165, 1.54) is 12.1 Å². The van der Waals surface area contributed by atoms with E-state index in [0.29, 0.717) is 17.8 Å². The standard InChI is InChI=1S/C25H34N4O4S/c1-17(2)27-25(31)26-16-20-8-10-21(11-9-20)24(30)28-22-12-14-23(15-13-22)34(32,33)29-18(3)6-5-7-19(29)4/h8-15,17-19H,5-7,16H2,1-4H3,(H,28,30)(H2,26,27,31)/t18-,19+. The summed E-state index contributed by atoms with van der Waals surface area (Å²) < 4.78 is 27.9. The van der Waals surface area contributed by atoms with E-state index in [1.807, 2.05) is 27.7 Å². The lowest BCUT2D eigenvalue weighted by Crippen LogP contribution is -2.47. The molecular formula is C25H34N4O4S. The molecule has 2 aromatic rings. The van der Waals surface area contributed by atoms with Gasteiger partial charge < -0.3 is 16.0 Å². The molecule has 3 N–H and O–H groups in total. The molecule has 0 bridgehead atoms. The number of carbonyl (C=O) groups excluding carboxylic acids is 2. The molecule has 2 aromatic carbocycles. The van der Waals surface area contributed by atoms with Crippen LogP contribution in [0, 0.1) is 0 Å². The third-order valence-electron chi connectivity index (χ3n) is 5.89. The fourth-order valence-electron chi connectivity index (χ4n) is 4.18. The minimum atomic E-state index is -3.59. The van der Waals surface area contributed by atoms with Crippen LogP contribution in [0.15, 0.2) is 53.4 Å². The van der Waals surface area contributed by atoms with E-state index in [1.54, 1.807) is 40.7 Å². The molecule has 9 heteroatoms. The predicted molar refractivity (Wildman–Crippen MR) is 133 cm³/mol. The fraction of sp³-hybridized carbons (Fsp3) is 0.440. The normalized spacial score (nSPS) is 19.0. The molecule has 1 aliphatic rings. The number of urea groups is 1. The first-order valence-corrected chi connectivity index (χ1v) is 13.1. The average molecular weight is 487 g/mol. The topological polar surface area (TPSA) is 108 Å². The molecule has 3 amide bonds. The maximum Gasteiger partial charge on any atom is 0.315 e. The highest BCUT2D eigenvalue weighted by Crippen LogP contribution is 2.30. The van der Waals surface area contributed by atoms with Crippen molar-refractivity contribution >= 4 is 27.6 Å². The van der Waals surface area contributed by atoms with Gasteiger partial charge >= 0.3 is 6.03 Å². The molecule has 0 unspecified atom stereocenters. The van der Waals surface area contributed by atoms with E-state index in [2.05, 4.69) is 16.0 Å². The SMILES string of the molecule is CC(C)NC(=O)NCc1ccc(C(=O)Nc2ccc(S(=O)(=O)N3[C@H](C)CCC[C@@H]3C)cc2)cc1. The van der Waals surface area contributed by atoms with Crippen LogP contribution in [0.4, 0.5) is 10.5 Å². The van der Waals surface area contributed by atoms with Gasteiger partial charge in [0, 0.05) is 35.9 Å². The Kier molecular flexibility index (Phi) is 8.33. The highest BCUT2D eigenvalue weighted by Gasteiger charge is 2.35. The zero-order chi connectivity index (χ0) is 24.9. The van der Waals surface area contributed by atoms with Crippen molar-refractivity contribution in [3.63, 3.8) is 0 Å². The van der Waals surface area contributed by atoms with Crippen molar-refractivity contribution < 1.29 is 18.0 Å². The number of hydrogen-bond acceptors (Lipinski definition) is 4. The summed E-state index contributed by atoms with van der Waals surface area (Å²) in [5.74, 6) is -0.300. The lowest BCUT2D eigenvalue weighted by molar-refractivity contribution is 0.102. The van der Waals surface area contributed by atoms with E-state index in [0.717, 1.165) is 24.8 Å². The maximum absolute atomic E-state index is 13.2. The minimum absolute atomic E-state index is 0.0316. The Morgan fingerprint density at radius 3 is 2.12 bits per heavy atom. The van der Waals surface area contributed by atoms with Gasteiger partial charge in [-0.2, -0.15) is 4.31 Å². The van der Waals surface area contributed by atoms with Crippen LogP contribution in [0.1, 0.15) is 62.9 Å². The van der Waals surface area contributed by atoms with E-state index in [9.17, 15) is 18.0 Å². The summed E-state index contributed by atoms with van der Waals surface area (Å²) in [6.07, 6.45) is 2.75. The quantitative estimate of drug-likeness (QED) is 0.548. The molecule has 34 heavy (non-hydrogen) atoms. The molecule has 0 aromatic heterocycles. The van der Waals surface area contributed by atoms with Crippen molar-refractivity contribution in [2.75, 3.05) is 5.32 Å². The predicted octanol–water partition coefficient (Wildman–Crippen LogP) is 4.10. The Bertz CT molecular complexity index is 1090. The van der Waals surface area contributed by atoms with Crippen molar-refractivity contribution in [1.29, 1.82) is 0 Å². The summed E-state index contributed by atoms with van der Waals surface area (Å²) in [6, 6.07) is 13.0. The van der Waals surface area contributed by atoms with Crippen LogP contribution in [0.5, 0.6) is 0 Å². The number of benzene rings is 2. The van der Waals surface area contributed by atoms with Crippen LogP contribution >= 0.6 is 0 Å². The molecule has 0 aliphatic carbocycles. The smallest absolute Gasteiger partial charge is 0.315 e. The Hall–Kier alpha value is -2.91. The monoisotopic (exact) mass is 486 g/mol. The highest BCUT2D eigenvalue weighted by atomic mass is 32.2. The van der Waals surface area contributed by atoms with Crippen LogP contribution in [0.3, 0.4) is 0 Å². The Morgan fingerprint density at radius 1 is 0.971 bits per heavy atom. The van der Waals surface area contributed by atoms with Crippen LogP contribution < -0.4 is 16.0 Å². The zero-order valence-corrected chi connectivity index (χ0v) is 21.0. The van der Waals surface area contributed by atoms with Crippen LogP contribution in [-0.2, 0) is 16.6 Å². The van der Waals surface area contributed by atoms with Gasteiger partial charge in [0.25, 0.3) is 5.91 Å². The Morgan fingerprint density at radius 2 is 1.56 bits per heavy atom. The van der Waals surface area contributed by atoms with Crippen LogP contribution in [0.2, 0.25) is 0 Å². The molecule has 2 atom stereocenters. The summed E-state index contributed by atoms with van der Waals surface area (Å²) >= 11 is 0. The van der Waals surface area contributed by atoms with Gasteiger partial charge in [-0.05, 0) is 82.5 Å². The van der Waals surface area contributed by atoms with E-state index < -0.39 is 10.0 Å². The largest absolute Gasteiger partial charge is 0.336 e. The first-order valence-electron chi connectivity index (χ1n) is 11.7. The van der Waals surface area contributed by atoms with Gasteiger partial charge in [-0.3, -0.25) is 4.79 Å². The highest BCUT2D eigenvalue weighted by molar-refractivity contribution is 7.89. The second kappa shape index (κ2) is 11.0. The molecular weight excluding hydrogens is 452 g/mol. The molecule has 0 radical (unpaired) electrons. The average Bonchev–Trinajstić information content (AvgIpc) is 2.77. The number of piperidine rings is 1. The summed E-state index contributed by atoms with van der Waals surface area (Å²) in [6.45, 7) is 8.02. The fourth-order valence-corrected chi connectivity index (χ4v) is 6.06. The second-order valence-electron chi connectivity index (χ2n) is 9.12. The number of carbonyl (C=O) groups is 2. The summed E-state index contributed by atoms with van der Waals surface area (Å²) in [7, 11) is -3.59. The first kappa shape index (κ1) is 25.7. The molecule has 0 spiro atoms. The zero-order valence-electron chi connectivity index (χ0n) is 20.2. The van der Waals surface area contributed by atoms with E-state index in [-0.39, 0.29) is 35.0 Å². The van der Waals surface area contributed by atoms with Gasteiger partial charge in [0.1, 0.15) is 0 Å². The maximum atomic E-state index is 13.2. The van der Waals surface area contributed by atoms with Gasteiger partial charge in [-0.1, -0.05) is 18.6 Å². The van der Waals surface area contributed by atoms with Gasteiger partial charge in [0.05, 0.1) is 4.90 Å². The first-order chi connectivity index (χ1) is 16.1. The van der Waals surface area contributed by atoms with Crippen molar-refractivity contribution in [3.05, 3.63) is 59.7 Å². The van der Waals surface area contributed by atoms with Crippen molar-refractivity contribution in [1.82, 2.24) is 14.9 Å². The van der Waals surface area contributed by atoms with Gasteiger partial charge in [-0.15, -0.1) is 0 Å². The summed E-state index contributed by atoms with van der Waals surface area (Å²) in [5, 5.41) is 8.31. The molecule has 1 aliphatic heterocycles. The Labute approximate surface area is 202 Å². The molecule has 3 rings (SSSR count). The minimum Gasteiger partial charge on any atom is -0.336 e. The lowest BCUT2D eigenvalue weighted by atomic mass is 10.0. The molecule has 1 fully saturated rings. The van der Waals surface area contributed by atoms with Gasteiger partial charge in [-0.25, -0.2) is 13.2 Å². The number of amides is 3. The Balaban J connectivity index is 1.61. The number of nitrogens with one attached hydrogen (secondary N) is 3. The molecule has 0 saturated carbocycles. The van der Waals surface area contributed by atoms with Gasteiger partial charge in [0.2, 0.25) is 10.0 Å². The molecule has 184 valence electrons. The molecule has 1 heterocycles. The van der Waals surface area contributed by atoms with Crippen molar-refractivity contribution in [3.8, 4) is 0 Å². The summed E-state index contributed by atoms with van der Waals surface area (Å²) in [4.78, 5) is 24.5. The summed E-state index contributed by atoms with van der Waals surface area (Å²) in [5.41, 5.74) is 1.84. The van der Waals surface area contributed by atoms with E-state index >= 15 is 0 Å². The number of hydrogen-bond donors (Lipinski definition) is 3. The van der Waals surface area contributed by atoms with Crippen LogP contribution in [0.25, 0.3) is 0 Å². The third kappa shape index (κ3) is 6.36.